The second kappa shape index (κ2) is 9.39. The Morgan fingerprint density at radius 2 is 2.00 bits per heavy atom. The lowest BCUT2D eigenvalue weighted by Gasteiger charge is -2.17. The molecule has 1 unspecified atom stereocenters. The van der Waals surface area contributed by atoms with Crippen molar-refractivity contribution in [2.24, 2.45) is 0 Å². The van der Waals surface area contributed by atoms with E-state index in [1.807, 2.05) is 36.0 Å². The molecule has 146 valence electrons. The van der Waals surface area contributed by atoms with Gasteiger partial charge in [-0.15, -0.1) is 0 Å². The van der Waals surface area contributed by atoms with Crippen LogP contribution in [0.25, 0.3) is 0 Å². The van der Waals surface area contributed by atoms with Gasteiger partial charge in [-0.3, -0.25) is 9.48 Å². The molecule has 28 heavy (non-hydrogen) atoms. The van der Waals surface area contributed by atoms with E-state index in [1.165, 1.54) is 0 Å². The lowest BCUT2D eigenvalue weighted by Crippen LogP contribution is -2.37. The highest BCUT2D eigenvalue weighted by atomic mass is 35.5. The highest BCUT2D eigenvalue weighted by Crippen LogP contribution is 2.27. The third-order valence-corrected chi connectivity index (χ3v) is 4.66. The van der Waals surface area contributed by atoms with Crippen LogP contribution in [0.4, 0.5) is 5.69 Å². The molecule has 0 aliphatic carbocycles. The Kier molecular flexibility index (Phi) is 6.68. The highest BCUT2D eigenvalue weighted by Gasteiger charge is 2.15. The molecule has 0 radical (unpaired) electrons. The van der Waals surface area contributed by atoms with E-state index in [0.717, 1.165) is 11.1 Å². The summed E-state index contributed by atoms with van der Waals surface area (Å²) in [7, 11) is 1.55. The number of aromatic nitrogens is 2. The molecule has 2 N–H and O–H groups in total. The predicted molar refractivity (Wildman–Crippen MR) is 111 cm³/mol. The number of hydrogen-bond donors (Lipinski definition) is 2. The smallest absolute Gasteiger partial charge is 0.241 e. The summed E-state index contributed by atoms with van der Waals surface area (Å²) in [6.07, 6.45) is 3.69. The van der Waals surface area contributed by atoms with Gasteiger partial charge in [-0.05, 0) is 42.3 Å². The molecule has 7 heteroatoms. The normalized spacial score (nSPS) is 11.8. The summed E-state index contributed by atoms with van der Waals surface area (Å²) in [6, 6.07) is 14.7. The molecule has 0 bridgehead atoms. The average molecular weight is 399 g/mol. The number of carbonyl (C=O) groups excluding carboxylic acids is 1. The lowest BCUT2D eigenvalue weighted by molar-refractivity contribution is -0.117. The van der Waals surface area contributed by atoms with E-state index in [-0.39, 0.29) is 5.91 Å². The van der Waals surface area contributed by atoms with E-state index in [4.69, 9.17) is 16.3 Å². The van der Waals surface area contributed by atoms with Crippen molar-refractivity contribution >= 4 is 23.2 Å². The van der Waals surface area contributed by atoms with Gasteiger partial charge in [-0.2, -0.15) is 5.10 Å². The average Bonchev–Trinajstić information content (AvgIpc) is 3.20. The molecule has 6 nitrogen and oxygen atoms in total. The SMILES string of the molecule is COc1ccc(Cl)cc1NC(=O)C(C)NCc1ccccc1Cn1cccn1. The molecule has 3 aromatic rings. The summed E-state index contributed by atoms with van der Waals surface area (Å²) >= 11 is 6.02. The van der Waals surface area contributed by atoms with Crippen LogP contribution in [0.2, 0.25) is 5.02 Å². The molecule has 1 heterocycles. The van der Waals surface area contributed by atoms with Crippen molar-refractivity contribution in [3.63, 3.8) is 0 Å². The van der Waals surface area contributed by atoms with E-state index in [9.17, 15) is 4.79 Å². The van der Waals surface area contributed by atoms with Crippen molar-refractivity contribution in [1.29, 1.82) is 0 Å². The van der Waals surface area contributed by atoms with Crippen LogP contribution in [0.1, 0.15) is 18.1 Å². The number of halogens is 1. The first-order chi connectivity index (χ1) is 13.6. The maximum absolute atomic E-state index is 12.6. The van der Waals surface area contributed by atoms with Crippen LogP contribution in [0, 0.1) is 0 Å². The first-order valence-corrected chi connectivity index (χ1v) is 9.36. The molecule has 0 aliphatic rings. The molecular formula is C21H23ClN4O2. The van der Waals surface area contributed by atoms with Gasteiger partial charge in [0.1, 0.15) is 5.75 Å². The van der Waals surface area contributed by atoms with Gasteiger partial charge < -0.3 is 15.4 Å². The molecule has 3 rings (SSSR count). The Morgan fingerprint density at radius 3 is 2.71 bits per heavy atom. The van der Waals surface area contributed by atoms with Crippen LogP contribution in [-0.4, -0.2) is 28.8 Å². The quantitative estimate of drug-likeness (QED) is 0.607. The number of ether oxygens (including phenoxy) is 1. The third kappa shape index (κ3) is 5.12. The number of amides is 1. The number of nitrogens with zero attached hydrogens (tertiary/aromatic N) is 2. The van der Waals surface area contributed by atoms with Crippen LogP contribution in [0.3, 0.4) is 0 Å². The van der Waals surface area contributed by atoms with E-state index >= 15 is 0 Å². The summed E-state index contributed by atoms with van der Waals surface area (Å²) in [4.78, 5) is 12.6. The van der Waals surface area contributed by atoms with Crippen LogP contribution < -0.4 is 15.4 Å². The highest BCUT2D eigenvalue weighted by molar-refractivity contribution is 6.31. The van der Waals surface area contributed by atoms with Crippen LogP contribution >= 0.6 is 11.6 Å². The second-order valence-corrected chi connectivity index (χ2v) is 6.85. The van der Waals surface area contributed by atoms with Crippen molar-refractivity contribution < 1.29 is 9.53 Å². The number of rotatable bonds is 8. The maximum Gasteiger partial charge on any atom is 0.241 e. The Morgan fingerprint density at radius 1 is 1.21 bits per heavy atom. The van der Waals surface area contributed by atoms with Crippen molar-refractivity contribution in [1.82, 2.24) is 15.1 Å². The maximum atomic E-state index is 12.6. The molecule has 0 fully saturated rings. The third-order valence-electron chi connectivity index (χ3n) is 4.42. The summed E-state index contributed by atoms with van der Waals surface area (Å²) < 4.78 is 7.15. The number of anilines is 1. The number of hydrogen-bond acceptors (Lipinski definition) is 4. The largest absolute Gasteiger partial charge is 0.495 e. The Balaban J connectivity index is 1.62. The molecule has 0 saturated carbocycles. The monoisotopic (exact) mass is 398 g/mol. The number of benzene rings is 2. The number of nitrogens with one attached hydrogen (secondary N) is 2. The molecular weight excluding hydrogens is 376 g/mol. The summed E-state index contributed by atoms with van der Waals surface area (Å²) in [5.41, 5.74) is 2.83. The fourth-order valence-electron chi connectivity index (χ4n) is 2.83. The molecule has 1 atom stereocenters. The first kappa shape index (κ1) is 19.9. The Labute approximate surface area is 169 Å². The minimum absolute atomic E-state index is 0.162. The van der Waals surface area contributed by atoms with Crippen LogP contribution in [0.15, 0.2) is 60.9 Å². The standard InChI is InChI=1S/C21H23ClN4O2/c1-15(21(27)25-19-12-18(22)8-9-20(19)28-2)23-13-16-6-3-4-7-17(16)14-26-11-5-10-24-26/h3-12,15,23H,13-14H2,1-2H3,(H,25,27). The van der Waals surface area contributed by atoms with E-state index in [0.29, 0.717) is 29.5 Å². The predicted octanol–water partition coefficient (Wildman–Crippen LogP) is 3.71. The van der Waals surface area contributed by atoms with Crippen molar-refractivity contribution in [3.8, 4) is 5.75 Å². The van der Waals surface area contributed by atoms with Gasteiger partial charge in [0.05, 0.1) is 25.4 Å². The van der Waals surface area contributed by atoms with Crippen molar-refractivity contribution in [3.05, 3.63) is 77.1 Å². The van der Waals surface area contributed by atoms with Gasteiger partial charge in [0, 0.05) is 24.0 Å². The second-order valence-electron chi connectivity index (χ2n) is 6.41. The molecule has 0 saturated heterocycles. The number of carbonyl (C=O) groups is 1. The van der Waals surface area contributed by atoms with Crippen molar-refractivity contribution in [2.75, 3.05) is 12.4 Å². The van der Waals surface area contributed by atoms with E-state index < -0.39 is 6.04 Å². The minimum atomic E-state index is -0.401. The molecule has 1 amide bonds. The van der Waals surface area contributed by atoms with E-state index in [2.05, 4.69) is 27.9 Å². The summed E-state index contributed by atoms with van der Waals surface area (Å²) in [5, 5.41) is 10.9. The minimum Gasteiger partial charge on any atom is -0.495 e. The molecule has 0 spiro atoms. The Bertz CT molecular complexity index is 928. The van der Waals surface area contributed by atoms with Crippen LogP contribution in [-0.2, 0) is 17.9 Å². The fourth-order valence-corrected chi connectivity index (χ4v) is 3.00. The zero-order valence-corrected chi connectivity index (χ0v) is 16.6. The summed E-state index contributed by atoms with van der Waals surface area (Å²) in [5.74, 6) is 0.402. The lowest BCUT2D eigenvalue weighted by atomic mass is 10.1. The zero-order valence-electron chi connectivity index (χ0n) is 15.9. The van der Waals surface area contributed by atoms with Gasteiger partial charge in [0.15, 0.2) is 0 Å². The zero-order chi connectivity index (χ0) is 19.9. The fraction of sp³-hybridized carbons (Fsp3) is 0.238. The van der Waals surface area contributed by atoms with Crippen molar-refractivity contribution in [2.45, 2.75) is 26.1 Å². The van der Waals surface area contributed by atoms with Gasteiger partial charge in [-0.25, -0.2) is 0 Å². The van der Waals surface area contributed by atoms with Gasteiger partial charge in [0.25, 0.3) is 0 Å². The van der Waals surface area contributed by atoms with Gasteiger partial charge in [0.2, 0.25) is 5.91 Å². The molecule has 1 aromatic heterocycles. The molecule has 2 aromatic carbocycles. The molecule has 0 aliphatic heterocycles. The van der Waals surface area contributed by atoms with Crippen LogP contribution in [0.5, 0.6) is 5.75 Å². The topological polar surface area (TPSA) is 68.2 Å². The number of methoxy groups -OCH3 is 1. The first-order valence-electron chi connectivity index (χ1n) is 8.99. The van der Waals surface area contributed by atoms with E-state index in [1.54, 1.807) is 31.5 Å². The summed E-state index contributed by atoms with van der Waals surface area (Å²) in [6.45, 7) is 3.08. The van der Waals surface area contributed by atoms with Gasteiger partial charge in [-0.1, -0.05) is 35.9 Å². The van der Waals surface area contributed by atoms with Gasteiger partial charge >= 0.3 is 0 Å². The Hall–Kier alpha value is -2.83.